The van der Waals surface area contributed by atoms with E-state index in [9.17, 15) is 19.2 Å². The number of piperazine rings is 1. The van der Waals surface area contributed by atoms with Crippen LogP contribution in [0.3, 0.4) is 0 Å². The van der Waals surface area contributed by atoms with Gasteiger partial charge >= 0.3 is 11.7 Å². The number of para-hydroxylation sites is 1. The molecule has 0 bridgehead atoms. The van der Waals surface area contributed by atoms with Gasteiger partial charge in [-0.15, -0.1) is 0 Å². The maximum absolute atomic E-state index is 13.7. The lowest BCUT2D eigenvalue weighted by Crippen LogP contribution is -2.46. The zero-order valence-electron chi connectivity index (χ0n) is 34.6. The zero-order chi connectivity index (χ0) is 42.6. The number of piperidine rings is 1. The molecule has 3 fully saturated rings. The molecule has 16 nitrogen and oxygen atoms in total. The first kappa shape index (κ1) is 38.6. The fourth-order valence-electron chi connectivity index (χ4n) is 9.16. The van der Waals surface area contributed by atoms with Crippen molar-refractivity contribution in [1.82, 2.24) is 39.4 Å². The summed E-state index contributed by atoms with van der Waals surface area (Å²) in [6, 6.07) is 26.2. The molecule has 7 heterocycles. The van der Waals surface area contributed by atoms with Crippen LogP contribution in [0.5, 0.6) is 0 Å². The molecule has 3 aliphatic heterocycles. The third-order valence-electron chi connectivity index (χ3n) is 12.4. The highest BCUT2D eigenvalue weighted by molar-refractivity contribution is 6.06. The van der Waals surface area contributed by atoms with E-state index in [0.717, 1.165) is 82.0 Å². The van der Waals surface area contributed by atoms with Gasteiger partial charge in [0, 0.05) is 83.3 Å². The minimum atomic E-state index is -0.458. The molecule has 10 rings (SSSR count). The van der Waals surface area contributed by atoms with Gasteiger partial charge in [0.05, 0.1) is 40.4 Å². The van der Waals surface area contributed by atoms with E-state index in [2.05, 4.69) is 55.5 Å². The van der Waals surface area contributed by atoms with E-state index in [1.165, 1.54) is 15.6 Å². The Labute approximate surface area is 356 Å². The number of benzene rings is 3. The molecule has 3 saturated heterocycles. The summed E-state index contributed by atoms with van der Waals surface area (Å²) in [7, 11) is 3.54. The highest BCUT2D eigenvalue weighted by atomic mass is 16.2. The number of imide groups is 1. The molecule has 7 aromatic rings. The van der Waals surface area contributed by atoms with Crippen LogP contribution in [0.15, 0.2) is 109 Å². The average Bonchev–Trinajstić information content (AvgIpc) is 3.96. The minimum absolute atomic E-state index is 0.151. The summed E-state index contributed by atoms with van der Waals surface area (Å²) in [6.07, 6.45) is 7.41. The number of hydrogen-bond donors (Lipinski definition) is 1. The standard InChI is InChI=1S/C46H44N12O4/c1-29-34(17-19-48-43(29)57-25-24-56(46(57)62)33-6-5-18-47-27-33)35-14-13-32(58-28-49-53(3)45(58)61)26-38(35)30-9-11-31(12-10-30)54-20-22-55(23-21-54)39-8-4-7-36-41(51-52(2)42(36)39)37-15-16-40(59)50-44(37)60/h4-14,17-19,26-28,37H,15-16,20-25H2,1-3H3,(H,50,59,60). The maximum Gasteiger partial charge on any atom is 0.350 e. The second kappa shape index (κ2) is 15.4. The highest BCUT2D eigenvalue weighted by Gasteiger charge is 2.34. The Kier molecular flexibility index (Phi) is 9.61. The molecule has 4 aromatic heterocycles. The maximum atomic E-state index is 13.7. The summed E-state index contributed by atoms with van der Waals surface area (Å²) >= 11 is 0. The summed E-state index contributed by atoms with van der Waals surface area (Å²) in [5.41, 5.74) is 9.65. The van der Waals surface area contributed by atoms with E-state index >= 15 is 0 Å². The van der Waals surface area contributed by atoms with Crippen molar-refractivity contribution in [2.24, 2.45) is 14.1 Å². The largest absolute Gasteiger partial charge is 0.368 e. The van der Waals surface area contributed by atoms with Crippen molar-refractivity contribution in [3.8, 4) is 27.9 Å². The molecule has 1 atom stereocenters. The molecule has 0 spiro atoms. The number of pyridine rings is 2. The zero-order valence-corrected chi connectivity index (χ0v) is 34.6. The molecule has 62 heavy (non-hydrogen) atoms. The smallest absolute Gasteiger partial charge is 0.350 e. The van der Waals surface area contributed by atoms with E-state index in [-0.39, 0.29) is 23.5 Å². The highest BCUT2D eigenvalue weighted by Crippen LogP contribution is 2.40. The molecule has 0 aliphatic carbocycles. The van der Waals surface area contributed by atoms with E-state index in [1.807, 2.05) is 67.2 Å². The van der Waals surface area contributed by atoms with Gasteiger partial charge in [0.1, 0.15) is 12.1 Å². The van der Waals surface area contributed by atoms with Crippen LogP contribution in [0, 0.1) is 6.92 Å². The number of hydrogen-bond acceptors (Lipinski definition) is 10. The van der Waals surface area contributed by atoms with Crippen molar-refractivity contribution in [3.63, 3.8) is 0 Å². The SMILES string of the molecule is Cc1c(-c2ccc(-n3cnn(C)c3=O)cc2-c2ccc(N3CCN(c4cccc5c(C6CCC(=O)NC6=O)nn(C)c45)CC3)cc2)ccnc1N1CCN(c2cccnc2)C1=O. The topological polar surface area (TPSA) is 160 Å². The normalized spacial score (nSPS) is 17.1. The van der Waals surface area contributed by atoms with Crippen LogP contribution in [-0.2, 0) is 23.7 Å². The van der Waals surface area contributed by atoms with E-state index in [0.29, 0.717) is 43.1 Å². The lowest BCUT2D eigenvalue weighted by atomic mass is 9.92. The van der Waals surface area contributed by atoms with E-state index in [1.54, 1.807) is 35.4 Å². The Hall–Kier alpha value is -7.62. The number of fused-ring (bicyclic) bond motifs is 1. The van der Waals surface area contributed by atoms with E-state index < -0.39 is 5.92 Å². The summed E-state index contributed by atoms with van der Waals surface area (Å²) in [6.45, 7) is 6.17. The summed E-state index contributed by atoms with van der Waals surface area (Å²) in [5.74, 6) is -0.384. The van der Waals surface area contributed by atoms with Crippen LogP contribution in [0.2, 0.25) is 0 Å². The van der Waals surface area contributed by atoms with Crippen LogP contribution in [0.4, 0.5) is 27.7 Å². The van der Waals surface area contributed by atoms with Gasteiger partial charge in [-0.05, 0) is 89.7 Å². The third-order valence-corrected chi connectivity index (χ3v) is 12.4. The first-order valence-electron chi connectivity index (χ1n) is 20.7. The molecule has 3 aliphatic rings. The Bertz CT molecular complexity index is 2950. The fourth-order valence-corrected chi connectivity index (χ4v) is 9.16. The molecular formula is C46H44N12O4. The summed E-state index contributed by atoms with van der Waals surface area (Å²) in [5, 5.41) is 12.4. The van der Waals surface area contributed by atoms with Gasteiger partial charge < -0.3 is 9.80 Å². The number of anilines is 4. The molecule has 3 aromatic carbocycles. The van der Waals surface area contributed by atoms with Crippen molar-refractivity contribution >= 4 is 51.6 Å². The number of urea groups is 1. The third kappa shape index (κ3) is 6.63. The predicted octanol–water partition coefficient (Wildman–Crippen LogP) is 5.18. The van der Waals surface area contributed by atoms with Crippen molar-refractivity contribution in [3.05, 3.63) is 126 Å². The number of aromatic nitrogens is 7. The van der Waals surface area contributed by atoms with Crippen LogP contribution >= 0.6 is 0 Å². The van der Waals surface area contributed by atoms with Crippen molar-refractivity contribution in [2.45, 2.75) is 25.7 Å². The minimum Gasteiger partial charge on any atom is -0.368 e. The molecule has 0 radical (unpaired) electrons. The van der Waals surface area contributed by atoms with Crippen molar-refractivity contribution in [1.29, 1.82) is 0 Å². The Balaban J connectivity index is 0.926. The molecule has 0 saturated carbocycles. The molecule has 312 valence electrons. The lowest BCUT2D eigenvalue weighted by molar-refractivity contribution is -0.134. The van der Waals surface area contributed by atoms with Gasteiger partial charge in [0.15, 0.2) is 0 Å². The van der Waals surface area contributed by atoms with Gasteiger partial charge in [-0.3, -0.25) is 34.4 Å². The van der Waals surface area contributed by atoms with Crippen LogP contribution in [0.1, 0.15) is 30.0 Å². The molecule has 1 N–H and O–H groups in total. The monoisotopic (exact) mass is 828 g/mol. The van der Waals surface area contributed by atoms with Crippen molar-refractivity contribution in [2.75, 3.05) is 58.9 Å². The molecule has 16 heteroatoms. The number of carbonyl (C=O) groups excluding carboxylic acids is 3. The van der Waals surface area contributed by atoms with Crippen LogP contribution in [-0.4, -0.2) is 91.2 Å². The van der Waals surface area contributed by atoms with Crippen LogP contribution in [0.25, 0.3) is 38.8 Å². The second-order valence-electron chi connectivity index (χ2n) is 15.9. The second-order valence-corrected chi connectivity index (χ2v) is 15.9. The van der Waals surface area contributed by atoms with Gasteiger partial charge in [0.25, 0.3) is 0 Å². The summed E-state index contributed by atoms with van der Waals surface area (Å²) < 4.78 is 4.70. The number of amides is 4. The summed E-state index contributed by atoms with van der Waals surface area (Å²) in [4.78, 5) is 68.5. The molecule has 4 amide bonds. The number of rotatable bonds is 8. The fraction of sp³-hybridized carbons (Fsp3) is 0.261. The molecule has 1 unspecified atom stereocenters. The average molecular weight is 829 g/mol. The van der Waals surface area contributed by atoms with E-state index in [4.69, 9.17) is 10.1 Å². The first-order valence-corrected chi connectivity index (χ1v) is 20.7. The Morgan fingerprint density at radius 2 is 1.48 bits per heavy atom. The van der Waals surface area contributed by atoms with Gasteiger partial charge in [-0.2, -0.15) is 10.2 Å². The first-order chi connectivity index (χ1) is 30.1. The van der Waals surface area contributed by atoms with Gasteiger partial charge in [-0.1, -0.05) is 30.3 Å². The predicted molar refractivity (Wildman–Crippen MR) is 237 cm³/mol. The number of carbonyl (C=O) groups is 3. The number of nitrogens with zero attached hydrogens (tertiary/aromatic N) is 11. The Morgan fingerprint density at radius 1 is 0.710 bits per heavy atom. The van der Waals surface area contributed by atoms with Gasteiger partial charge in [0.2, 0.25) is 11.8 Å². The number of nitrogens with one attached hydrogen (secondary N) is 1. The lowest BCUT2D eigenvalue weighted by Gasteiger charge is -2.37. The van der Waals surface area contributed by atoms with Crippen molar-refractivity contribution < 1.29 is 14.4 Å². The van der Waals surface area contributed by atoms with Crippen LogP contribution < -0.4 is 30.6 Å². The molecular weight excluding hydrogens is 785 g/mol. The Morgan fingerprint density at radius 3 is 2.23 bits per heavy atom. The van der Waals surface area contributed by atoms with Gasteiger partial charge in [-0.25, -0.2) is 23.8 Å². The number of aryl methyl sites for hydroxylation is 2. The quantitative estimate of drug-likeness (QED) is 0.202.